The van der Waals surface area contributed by atoms with E-state index in [4.69, 9.17) is 9.47 Å². The first-order valence-corrected chi connectivity index (χ1v) is 10.1. The van der Waals surface area contributed by atoms with E-state index in [1.807, 2.05) is 0 Å². The fourth-order valence-electron chi connectivity index (χ4n) is 2.74. The van der Waals surface area contributed by atoms with Gasteiger partial charge in [-0.05, 0) is 12.1 Å². The summed E-state index contributed by atoms with van der Waals surface area (Å²) in [6, 6.07) is 11.5. The third-order valence-corrected chi connectivity index (χ3v) is 5.38. The van der Waals surface area contributed by atoms with E-state index in [0.29, 0.717) is 48.1 Å². The Morgan fingerprint density at radius 2 is 1.61 bits per heavy atom. The normalized spacial score (nSPS) is 13.1. The maximum atomic E-state index is 12.7. The topological polar surface area (TPSA) is 102 Å². The van der Waals surface area contributed by atoms with Crippen molar-refractivity contribution in [2.45, 2.75) is 4.90 Å². The molecule has 0 saturated carbocycles. The fourth-order valence-corrected chi connectivity index (χ4v) is 3.77. The van der Waals surface area contributed by atoms with Gasteiger partial charge in [-0.15, -0.1) is 6.58 Å². The van der Waals surface area contributed by atoms with E-state index < -0.39 is 10.0 Å². The molecule has 9 heteroatoms. The second kappa shape index (κ2) is 7.35. The van der Waals surface area contributed by atoms with Gasteiger partial charge in [0.05, 0.1) is 15.9 Å². The van der Waals surface area contributed by atoms with Crippen LogP contribution in [-0.2, 0) is 10.0 Å². The largest absolute Gasteiger partial charge is 0.486 e. The second-order valence-corrected chi connectivity index (χ2v) is 7.68. The summed E-state index contributed by atoms with van der Waals surface area (Å²) in [5.41, 5.74) is 1.04. The minimum absolute atomic E-state index is 0.0925. The van der Waals surface area contributed by atoms with Gasteiger partial charge in [-0.3, -0.25) is 4.72 Å². The number of ether oxygens (including phenoxy) is 2. The molecule has 0 aliphatic carbocycles. The molecule has 0 bridgehead atoms. The predicted molar refractivity (Wildman–Crippen MR) is 106 cm³/mol. The molecule has 0 saturated heterocycles. The molecular formula is C19H18N4O4S. The van der Waals surface area contributed by atoms with Crippen LogP contribution < -0.4 is 19.5 Å². The molecule has 1 aromatic heterocycles. The highest BCUT2D eigenvalue weighted by Gasteiger charge is 2.20. The average Bonchev–Trinajstić information content (AvgIpc) is 2.71. The number of nitrogens with zero attached hydrogens (tertiary/aromatic N) is 2. The molecule has 8 nitrogen and oxygen atoms in total. The third kappa shape index (κ3) is 3.56. The number of nitrogens with one attached hydrogen (secondary N) is 2. The molecule has 4 rings (SSSR count). The molecule has 0 radical (unpaired) electrons. The van der Waals surface area contributed by atoms with Crippen LogP contribution in [0.5, 0.6) is 11.5 Å². The van der Waals surface area contributed by atoms with Gasteiger partial charge in [0.2, 0.25) is 0 Å². The molecule has 2 aromatic carbocycles. The fraction of sp³-hybridized carbons (Fsp3) is 0.158. The lowest BCUT2D eigenvalue weighted by Crippen LogP contribution is -2.17. The smallest absolute Gasteiger partial charge is 0.263 e. The zero-order chi connectivity index (χ0) is 19.6. The van der Waals surface area contributed by atoms with Crippen LogP contribution in [0.15, 0.2) is 60.0 Å². The van der Waals surface area contributed by atoms with Crippen LogP contribution in [0.4, 0.5) is 11.6 Å². The van der Waals surface area contributed by atoms with Crippen LogP contribution in [0.25, 0.3) is 11.0 Å². The number of rotatable bonds is 6. The molecule has 1 aliphatic heterocycles. The Morgan fingerprint density at radius 1 is 1.00 bits per heavy atom. The maximum Gasteiger partial charge on any atom is 0.263 e. The third-order valence-electron chi connectivity index (χ3n) is 4.03. The number of benzene rings is 2. The van der Waals surface area contributed by atoms with Crippen LogP contribution in [0.2, 0.25) is 0 Å². The number of hydrogen-bond donors (Lipinski definition) is 2. The summed E-state index contributed by atoms with van der Waals surface area (Å²) in [5.74, 6) is 1.52. The van der Waals surface area contributed by atoms with Crippen molar-refractivity contribution in [2.24, 2.45) is 0 Å². The minimum atomic E-state index is -3.82. The van der Waals surface area contributed by atoms with Gasteiger partial charge in [0.25, 0.3) is 10.0 Å². The molecule has 2 heterocycles. The molecule has 0 fully saturated rings. The molecule has 28 heavy (non-hydrogen) atoms. The molecular weight excluding hydrogens is 380 g/mol. The lowest BCUT2D eigenvalue weighted by atomic mass is 10.2. The van der Waals surface area contributed by atoms with E-state index in [2.05, 4.69) is 26.6 Å². The summed E-state index contributed by atoms with van der Waals surface area (Å²) < 4.78 is 39.1. The summed E-state index contributed by atoms with van der Waals surface area (Å²) >= 11 is 0. The van der Waals surface area contributed by atoms with Crippen molar-refractivity contribution < 1.29 is 17.9 Å². The van der Waals surface area contributed by atoms with Crippen molar-refractivity contribution in [1.29, 1.82) is 0 Å². The highest BCUT2D eigenvalue weighted by molar-refractivity contribution is 7.92. The highest BCUT2D eigenvalue weighted by Crippen LogP contribution is 2.35. The summed E-state index contributed by atoms with van der Waals surface area (Å²) in [7, 11) is -3.82. The monoisotopic (exact) mass is 398 g/mol. The highest BCUT2D eigenvalue weighted by atomic mass is 32.2. The van der Waals surface area contributed by atoms with Gasteiger partial charge in [-0.1, -0.05) is 24.3 Å². The van der Waals surface area contributed by atoms with Crippen molar-refractivity contribution in [2.75, 3.05) is 29.8 Å². The van der Waals surface area contributed by atoms with Crippen molar-refractivity contribution in [3.05, 3.63) is 55.1 Å². The standard InChI is InChI=1S/C19H18N4O4S/c1-2-8-20-18-19(23-28(24,25)13-6-4-3-5-7-13)22-15-12-17-16(11-14(15)21-18)26-9-10-27-17/h2-7,11-12H,1,8-10H2,(H,20,21)(H,22,23). The molecule has 1 aliphatic rings. The maximum absolute atomic E-state index is 12.7. The van der Waals surface area contributed by atoms with Gasteiger partial charge in [0.15, 0.2) is 23.1 Å². The Bertz CT molecular complexity index is 1130. The lowest BCUT2D eigenvalue weighted by Gasteiger charge is -2.19. The summed E-state index contributed by atoms with van der Waals surface area (Å²) in [6.45, 7) is 4.96. The van der Waals surface area contributed by atoms with Crippen LogP contribution in [0.1, 0.15) is 0 Å². The molecule has 0 atom stereocenters. The first kappa shape index (κ1) is 18.1. The second-order valence-electron chi connectivity index (χ2n) is 5.99. The molecule has 3 aromatic rings. The van der Waals surface area contributed by atoms with E-state index in [1.54, 1.807) is 36.4 Å². The van der Waals surface area contributed by atoms with Crippen molar-refractivity contribution in [3.63, 3.8) is 0 Å². The van der Waals surface area contributed by atoms with E-state index in [-0.39, 0.29) is 10.7 Å². The average molecular weight is 398 g/mol. The van der Waals surface area contributed by atoms with Gasteiger partial charge in [0.1, 0.15) is 13.2 Å². The van der Waals surface area contributed by atoms with Crippen LogP contribution >= 0.6 is 0 Å². The van der Waals surface area contributed by atoms with Gasteiger partial charge in [-0.2, -0.15) is 0 Å². The lowest BCUT2D eigenvalue weighted by molar-refractivity contribution is 0.172. The number of aromatic nitrogens is 2. The van der Waals surface area contributed by atoms with E-state index in [0.717, 1.165) is 0 Å². The van der Waals surface area contributed by atoms with Crippen LogP contribution in [0.3, 0.4) is 0 Å². The molecule has 0 amide bonds. The van der Waals surface area contributed by atoms with Gasteiger partial charge in [0, 0.05) is 18.7 Å². The molecule has 144 valence electrons. The summed E-state index contributed by atoms with van der Waals surface area (Å²) in [6.07, 6.45) is 1.64. The Kier molecular flexibility index (Phi) is 4.74. The molecule has 0 spiro atoms. The van der Waals surface area contributed by atoms with Gasteiger partial charge < -0.3 is 14.8 Å². The minimum Gasteiger partial charge on any atom is -0.486 e. The number of fused-ring (bicyclic) bond motifs is 2. The predicted octanol–water partition coefficient (Wildman–Crippen LogP) is 2.80. The summed E-state index contributed by atoms with van der Waals surface area (Å²) in [4.78, 5) is 9.11. The Hall–Kier alpha value is -3.33. The van der Waals surface area contributed by atoms with Crippen molar-refractivity contribution in [1.82, 2.24) is 9.97 Å². The Morgan fingerprint density at radius 3 is 2.21 bits per heavy atom. The van der Waals surface area contributed by atoms with E-state index in [1.165, 1.54) is 12.1 Å². The number of hydrogen-bond acceptors (Lipinski definition) is 7. The SMILES string of the molecule is C=CCNc1nc2cc3c(cc2nc1NS(=O)(=O)c1ccccc1)OCCO3. The first-order chi connectivity index (χ1) is 13.6. The first-order valence-electron chi connectivity index (χ1n) is 8.61. The van der Waals surface area contributed by atoms with Crippen molar-refractivity contribution in [3.8, 4) is 11.5 Å². The molecule has 2 N–H and O–H groups in total. The number of anilines is 2. The van der Waals surface area contributed by atoms with Crippen LogP contribution in [-0.4, -0.2) is 38.1 Å². The van der Waals surface area contributed by atoms with Crippen LogP contribution in [0, 0.1) is 0 Å². The Labute approximate surface area is 162 Å². The van der Waals surface area contributed by atoms with E-state index >= 15 is 0 Å². The summed E-state index contributed by atoms with van der Waals surface area (Å²) in [5, 5.41) is 3.02. The molecule has 0 unspecified atom stereocenters. The zero-order valence-corrected chi connectivity index (χ0v) is 15.7. The van der Waals surface area contributed by atoms with Gasteiger partial charge >= 0.3 is 0 Å². The quantitative estimate of drug-likeness (QED) is 0.616. The number of sulfonamides is 1. The Balaban J connectivity index is 1.79. The van der Waals surface area contributed by atoms with Crippen molar-refractivity contribution >= 4 is 32.7 Å². The van der Waals surface area contributed by atoms with Gasteiger partial charge in [-0.25, -0.2) is 18.4 Å². The van der Waals surface area contributed by atoms with E-state index in [9.17, 15) is 8.42 Å². The zero-order valence-electron chi connectivity index (χ0n) is 14.9.